The van der Waals surface area contributed by atoms with E-state index in [0.29, 0.717) is 5.56 Å². The minimum Gasteiger partial charge on any atom is -0.356 e. The van der Waals surface area contributed by atoms with Gasteiger partial charge in [0, 0.05) is 28.9 Å². The molecule has 0 aromatic heterocycles. The lowest BCUT2D eigenvalue weighted by Crippen LogP contribution is -1.98. The third-order valence-electron chi connectivity index (χ3n) is 3.66. The number of carbonyl (C=O) groups is 1. The third-order valence-corrected chi connectivity index (χ3v) is 3.90. The van der Waals surface area contributed by atoms with Crippen LogP contribution in [0.1, 0.15) is 10.4 Å². The summed E-state index contributed by atoms with van der Waals surface area (Å²) in [5, 5.41) is 16.1. The summed E-state index contributed by atoms with van der Waals surface area (Å²) in [6, 6.07) is 17.5. The molecular formula is C19H13ClN2O3. The Morgan fingerprint density at radius 3 is 2.56 bits per heavy atom. The molecule has 124 valence electrons. The highest BCUT2D eigenvalue weighted by Gasteiger charge is 2.13. The predicted octanol–water partition coefficient (Wildman–Crippen LogP) is 5.21. The molecule has 0 amide bonds. The topological polar surface area (TPSA) is 72.2 Å². The monoisotopic (exact) mass is 352 g/mol. The minimum atomic E-state index is -0.535. The highest BCUT2D eigenvalue weighted by molar-refractivity contribution is 6.30. The fourth-order valence-electron chi connectivity index (χ4n) is 2.42. The summed E-state index contributed by atoms with van der Waals surface area (Å²) in [5.41, 5.74) is 0.648. The Kier molecular flexibility index (Phi) is 4.77. The van der Waals surface area contributed by atoms with Crippen molar-refractivity contribution in [3.63, 3.8) is 0 Å². The van der Waals surface area contributed by atoms with Crippen molar-refractivity contribution in [1.29, 1.82) is 0 Å². The first kappa shape index (κ1) is 16.7. The summed E-state index contributed by atoms with van der Waals surface area (Å²) in [7, 11) is 0. The van der Waals surface area contributed by atoms with Crippen LogP contribution in [-0.4, -0.2) is 10.7 Å². The molecular weight excluding hydrogens is 340 g/mol. The Labute approximate surface area is 148 Å². The molecule has 0 unspecified atom stereocenters. The first-order chi connectivity index (χ1) is 12.0. The molecule has 0 aliphatic heterocycles. The van der Waals surface area contributed by atoms with Crippen molar-refractivity contribution in [1.82, 2.24) is 0 Å². The number of nitro benzene ring substituents is 1. The van der Waals surface area contributed by atoms with E-state index in [2.05, 4.69) is 5.32 Å². The van der Waals surface area contributed by atoms with Crippen molar-refractivity contribution in [3.05, 3.63) is 93.6 Å². The molecule has 0 fully saturated rings. The molecule has 1 N–H and O–H groups in total. The van der Waals surface area contributed by atoms with Crippen molar-refractivity contribution in [2.24, 2.45) is 0 Å². The van der Waals surface area contributed by atoms with Crippen molar-refractivity contribution >= 4 is 39.5 Å². The number of ketones is 1. The molecule has 3 aromatic rings. The van der Waals surface area contributed by atoms with Crippen LogP contribution in [0.2, 0.25) is 5.02 Å². The van der Waals surface area contributed by atoms with Crippen LogP contribution in [0.25, 0.3) is 10.8 Å². The molecule has 0 saturated carbocycles. The fourth-order valence-corrected chi connectivity index (χ4v) is 2.59. The maximum absolute atomic E-state index is 12.3. The van der Waals surface area contributed by atoms with Gasteiger partial charge < -0.3 is 5.32 Å². The largest absolute Gasteiger partial charge is 0.356 e. The number of nitrogens with zero attached hydrogens (tertiary/aromatic N) is 1. The van der Waals surface area contributed by atoms with Crippen molar-refractivity contribution in [2.75, 3.05) is 5.32 Å². The van der Waals surface area contributed by atoms with Crippen LogP contribution in [-0.2, 0) is 0 Å². The number of allylic oxidation sites excluding steroid dienone is 1. The zero-order valence-corrected chi connectivity index (χ0v) is 13.7. The van der Waals surface area contributed by atoms with Gasteiger partial charge in [-0.15, -0.1) is 0 Å². The molecule has 5 nitrogen and oxygen atoms in total. The summed E-state index contributed by atoms with van der Waals surface area (Å²) >= 11 is 5.77. The molecule has 6 heteroatoms. The zero-order valence-electron chi connectivity index (χ0n) is 13.0. The van der Waals surface area contributed by atoms with Gasteiger partial charge in [-0.05, 0) is 29.0 Å². The number of carbonyl (C=O) groups excluding carboxylic acids is 1. The van der Waals surface area contributed by atoms with Gasteiger partial charge in [-0.25, -0.2) is 0 Å². The lowest BCUT2D eigenvalue weighted by molar-refractivity contribution is -0.383. The number of fused-ring (bicyclic) bond motifs is 1. The van der Waals surface area contributed by atoms with Gasteiger partial charge in [-0.1, -0.05) is 48.0 Å². The Bertz CT molecular complexity index is 999. The summed E-state index contributed by atoms with van der Waals surface area (Å²) in [6.45, 7) is 0. The summed E-state index contributed by atoms with van der Waals surface area (Å²) in [4.78, 5) is 22.8. The van der Waals surface area contributed by atoms with E-state index >= 15 is 0 Å². The Morgan fingerprint density at radius 2 is 1.80 bits per heavy atom. The van der Waals surface area contributed by atoms with E-state index in [1.165, 1.54) is 30.5 Å². The van der Waals surface area contributed by atoms with E-state index in [1.807, 2.05) is 36.4 Å². The highest BCUT2D eigenvalue weighted by Crippen LogP contribution is 2.27. The van der Waals surface area contributed by atoms with Crippen LogP contribution in [0.3, 0.4) is 0 Å². The smallest absolute Gasteiger partial charge is 0.294 e. The molecule has 0 heterocycles. The van der Waals surface area contributed by atoms with Gasteiger partial charge in [-0.2, -0.15) is 0 Å². The quantitative estimate of drug-likeness (QED) is 0.296. The fraction of sp³-hybridized carbons (Fsp3) is 0. The SMILES string of the molecule is O=C(/C=C\Nc1ccc(Cl)cc1[N+](=O)[O-])c1ccc2ccccc2c1. The Morgan fingerprint density at radius 1 is 1.04 bits per heavy atom. The van der Waals surface area contributed by atoms with Gasteiger partial charge in [0.1, 0.15) is 5.69 Å². The number of halogens is 1. The number of rotatable bonds is 5. The second kappa shape index (κ2) is 7.15. The van der Waals surface area contributed by atoms with Crippen molar-refractivity contribution in [2.45, 2.75) is 0 Å². The van der Waals surface area contributed by atoms with Crippen LogP contribution in [0.15, 0.2) is 72.9 Å². The molecule has 0 spiro atoms. The van der Waals surface area contributed by atoms with Gasteiger partial charge in [0.2, 0.25) is 0 Å². The first-order valence-electron chi connectivity index (χ1n) is 7.45. The maximum atomic E-state index is 12.3. The van der Waals surface area contributed by atoms with Gasteiger partial charge >= 0.3 is 0 Å². The van der Waals surface area contributed by atoms with Gasteiger partial charge in [0.25, 0.3) is 5.69 Å². The standard InChI is InChI=1S/C19H13ClN2O3/c20-16-7-8-17(18(12-16)22(24)25)21-10-9-19(23)15-6-5-13-3-1-2-4-14(13)11-15/h1-12,21H/b10-9-. The van der Waals surface area contributed by atoms with Gasteiger partial charge in [0.05, 0.1) is 4.92 Å². The van der Waals surface area contributed by atoms with E-state index in [-0.39, 0.29) is 22.2 Å². The molecule has 0 aliphatic carbocycles. The minimum absolute atomic E-state index is 0.157. The van der Waals surface area contributed by atoms with Crippen LogP contribution in [0, 0.1) is 10.1 Å². The second-order valence-electron chi connectivity index (χ2n) is 5.32. The van der Waals surface area contributed by atoms with Crippen LogP contribution >= 0.6 is 11.6 Å². The molecule has 0 aliphatic rings. The highest BCUT2D eigenvalue weighted by atomic mass is 35.5. The average Bonchev–Trinajstić information content (AvgIpc) is 2.62. The lowest BCUT2D eigenvalue weighted by atomic mass is 10.0. The third kappa shape index (κ3) is 3.84. The molecule has 0 atom stereocenters. The van der Waals surface area contributed by atoms with Crippen LogP contribution in [0.5, 0.6) is 0 Å². The van der Waals surface area contributed by atoms with Gasteiger partial charge in [-0.3, -0.25) is 14.9 Å². The van der Waals surface area contributed by atoms with E-state index < -0.39 is 4.92 Å². The van der Waals surface area contributed by atoms with Gasteiger partial charge in [0.15, 0.2) is 5.78 Å². The Hall–Kier alpha value is -3.18. The van der Waals surface area contributed by atoms with Crippen LogP contribution < -0.4 is 5.32 Å². The number of benzene rings is 3. The van der Waals surface area contributed by atoms with E-state index in [4.69, 9.17) is 11.6 Å². The van der Waals surface area contributed by atoms with Crippen molar-refractivity contribution in [3.8, 4) is 0 Å². The number of anilines is 1. The van der Waals surface area contributed by atoms with E-state index in [0.717, 1.165) is 10.8 Å². The summed E-state index contributed by atoms with van der Waals surface area (Å²) < 4.78 is 0. The number of nitrogens with one attached hydrogen (secondary N) is 1. The number of hydrogen-bond acceptors (Lipinski definition) is 4. The predicted molar refractivity (Wildman–Crippen MR) is 99.1 cm³/mol. The second-order valence-corrected chi connectivity index (χ2v) is 5.76. The number of hydrogen-bond donors (Lipinski definition) is 1. The molecule has 3 aromatic carbocycles. The summed E-state index contributed by atoms with van der Waals surface area (Å²) in [5.74, 6) is -0.199. The maximum Gasteiger partial charge on any atom is 0.294 e. The molecule has 0 bridgehead atoms. The van der Waals surface area contributed by atoms with Crippen molar-refractivity contribution < 1.29 is 9.72 Å². The molecule has 3 rings (SSSR count). The van der Waals surface area contributed by atoms with E-state index in [1.54, 1.807) is 6.07 Å². The number of nitro groups is 1. The Balaban J connectivity index is 1.77. The molecule has 0 saturated heterocycles. The van der Waals surface area contributed by atoms with Crippen LogP contribution in [0.4, 0.5) is 11.4 Å². The normalized spacial score (nSPS) is 10.9. The average molecular weight is 353 g/mol. The molecule has 25 heavy (non-hydrogen) atoms. The zero-order chi connectivity index (χ0) is 17.8. The van der Waals surface area contributed by atoms with E-state index in [9.17, 15) is 14.9 Å². The molecule has 0 radical (unpaired) electrons. The lowest BCUT2D eigenvalue weighted by Gasteiger charge is -2.03. The summed E-state index contributed by atoms with van der Waals surface area (Å²) in [6.07, 6.45) is 2.72. The first-order valence-corrected chi connectivity index (χ1v) is 7.82.